The number of rotatable bonds is 5. The molecule has 2 N–H and O–H groups in total. The summed E-state index contributed by atoms with van der Waals surface area (Å²) in [6.45, 7) is 1.84. The van der Waals surface area contributed by atoms with Gasteiger partial charge in [0.2, 0.25) is 10.0 Å². The summed E-state index contributed by atoms with van der Waals surface area (Å²) in [5.41, 5.74) is 1.51. The van der Waals surface area contributed by atoms with Gasteiger partial charge in [-0.15, -0.1) is 0 Å². The van der Waals surface area contributed by atoms with Gasteiger partial charge in [-0.1, -0.05) is 25.3 Å². The maximum absolute atomic E-state index is 12.9. The topological polar surface area (TPSA) is 86.7 Å². The van der Waals surface area contributed by atoms with E-state index in [1.165, 1.54) is 28.6 Å². The largest absolute Gasteiger partial charge is 0.506 e. The number of amides is 1. The Balaban J connectivity index is 1.74. The number of aromatic hydroxyl groups is 1. The number of phenols is 1. The Morgan fingerprint density at radius 2 is 1.71 bits per heavy atom. The third-order valence-electron chi connectivity index (χ3n) is 5.28. The fourth-order valence-electron chi connectivity index (χ4n) is 3.53. The molecule has 0 aliphatic heterocycles. The molecular formula is C21H26N2O4S. The SMILES string of the molecule is Cc1ccc(NC(=O)c2ccc(S(=O)(=O)N(C)C3CCCCC3)cc2)c(O)c1. The van der Waals surface area contributed by atoms with Crippen molar-refractivity contribution >= 4 is 21.6 Å². The summed E-state index contributed by atoms with van der Waals surface area (Å²) in [6.07, 6.45) is 5.03. The molecule has 1 saturated carbocycles. The lowest BCUT2D eigenvalue weighted by Crippen LogP contribution is -2.38. The van der Waals surface area contributed by atoms with E-state index < -0.39 is 15.9 Å². The molecule has 0 aromatic heterocycles. The number of sulfonamides is 1. The smallest absolute Gasteiger partial charge is 0.255 e. The monoisotopic (exact) mass is 402 g/mol. The molecule has 1 aliphatic carbocycles. The first-order valence-electron chi connectivity index (χ1n) is 9.48. The molecule has 7 heteroatoms. The molecule has 0 atom stereocenters. The highest BCUT2D eigenvalue weighted by Crippen LogP contribution is 2.27. The molecule has 2 aromatic rings. The number of benzene rings is 2. The van der Waals surface area contributed by atoms with E-state index in [4.69, 9.17) is 0 Å². The van der Waals surface area contributed by atoms with Crippen LogP contribution in [0.1, 0.15) is 48.0 Å². The third-order valence-corrected chi connectivity index (χ3v) is 7.21. The first-order valence-corrected chi connectivity index (χ1v) is 10.9. The number of anilines is 1. The molecule has 150 valence electrons. The minimum absolute atomic E-state index is 0.0124. The van der Waals surface area contributed by atoms with Gasteiger partial charge in [0, 0.05) is 18.7 Å². The second-order valence-corrected chi connectivity index (χ2v) is 9.31. The first kappa shape index (κ1) is 20.4. The number of aryl methyl sites for hydroxylation is 1. The highest BCUT2D eigenvalue weighted by atomic mass is 32.2. The molecule has 28 heavy (non-hydrogen) atoms. The Hall–Kier alpha value is -2.38. The molecule has 0 radical (unpaired) electrons. The Morgan fingerprint density at radius 1 is 1.07 bits per heavy atom. The number of carbonyl (C=O) groups is 1. The Kier molecular flexibility index (Phi) is 6.05. The van der Waals surface area contributed by atoms with E-state index in [1.54, 1.807) is 25.2 Å². The van der Waals surface area contributed by atoms with Gasteiger partial charge in [-0.3, -0.25) is 4.79 Å². The lowest BCUT2D eigenvalue weighted by Gasteiger charge is -2.30. The van der Waals surface area contributed by atoms with Gasteiger partial charge in [-0.05, 0) is 61.7 Å². The van der Waals surface area contributed by atoms with Crippen molar-refractivity contribution in [2.45, 2.75) is 50.0 Å². The predicted molar refractivity (Wildman–Crippen MR) is 109 cm³/mol. The summed E-state index contributed by atoms with van der Waals surface area (Å²) in [7, 11) is -1.96. The summed E-state index contributed by atoms with van der Waals surface area (Å²) < 4.78 is 27.2. The third kappa shape index (κ3) is 4.36. The van der Waals surface area contributed by atoms with Gasteiger partial charge in [0.25, 0.3) is 5.91 Å². The number of hydrogen-bond donors (Lipinski definition) is 2. The molecule has 0 heterocycles. The minimum Gasteiger partial charge on any atom is -0.506 e. The number of carbonyl (C=O) groups excluding carboxylic acids is 1. The maximum atomic E-state index is 12.9. The fraction of sp³-hybridized carbons (Fsp3) is 0.381. The van der Waals surface area contributed by atoms with Crippen molar-refractivity contribution in [3.8, 4) is 5.75 Å². The fourth-order valence-corrected chi connectivity index (χ4v) is 4.94. The van der Waals surface area contributed by atoms with E-state index in [0.29, 0.717) is 11.3 Å². The van der Waals surface area contributed by atoms with Crippen molar-refractivity contribution in [3.05, 3.63) is 53.6 Å². The van der Waals surface area contributed by atoms with E-state index in [9.17, 15) is 18.3 Å². The molecule has 0 unspecified atom stereocenters. The van der Waals surface area contributed by atoms with E-state index in [0.717, 1.165) is 37.7 Å². The molecule has 1 fully saturated rings. The second-order valence-electron chi connectivity index (χ2n) is 7.31. The van der Waals surface area contributed by atoms with Crippen LogP contribution in [0.5, 0.6) is 5.75 Å². The van der Waals surface area contributed by atoms with Crippen molar-refractivity contribution in [1.29, 1.82) is 0 Å². The lowest BCUT2D eigenvalue weighted by molar-refractivity contribution is 0.102. The second kappa shape index (κ2) is 8.32. The zero-order valence-corrected chi connectivity index (χ0v) is 17.0. The average Bonchev–Trinajstić information content (AvgIpc) is 2.70. The highest BCUT2D eigenvalue weighted by Gasteiger charge is 2.29. The van der Waals surface area contributed by atoms with Gasteiger partial charge >= 0.3 is 0 Å². The van der Waals surface area contributed by atoms with Crippen LogP contribution >= 0.6 is 0 Å². The van der Waals surface area contributed by atoms with Crippen molar-refractivity contribution in [2.75, 3.05) is 12.4 Å². The Bertz CT molecular complexity index is 949. The zero-order valence-electron chi connectivity index (χ0n) is 16.2. The number of phenolic OH excluding ortho intramolecular Hbond substituents is 1. The van der Waals surface area contributed by atoms with Crippen LogP contribution in [0.4, 0.5) is 5.69 Å². The quantitative estimate of drug-likeness (QED) is 0.743. The molecule has 1 aliphatic rings. The van der Waals surface area contributed by atoms with Crippen LogP contribution in [0.2, 0.25) is 0 Å². The Labute approximate surface area is 166 Å². The molecule has 6 nitrogen and oxygen atoms in total. The maximum Gasteiger partial charge on any atom is 0.255 e. The van der Waals surface area contributed by atoms with Crippen LogP contribution in [-0.4, -0.2) is 36.8 Å². The number of nitrogens with one attached hydrogen (secondary N) is 1. The van der Waals surface area contributed by atoms with E-state index in [1.807, 2.05) is 6.92 Å². The average molecular weight is 403 g/mol. The molecular weight excluding hydrogens is 376 g/mol. The molecule has 0 saturated heterocycles. The van der Waals surface area contributed by atoms with Gasteiger partial charge < -0.3 is 10.4 Å². The number of hydrogen-bond acceptors (Lipinski definition) is 4. The summed E-state index contributed by atoms with van der Waals surface area (Å²) in [5, 5.41) is 12.6. The molecule has 3 rings (SSSR count). The van der Waals surface area contributed by atoms with Gasteiger partial charge in [-0.25, -0.2) is 8.42 Å². The van der Waals surface area contributed by atoms with Crippen LogP contribution in [0.15, 0.2) is 47.4 Å². The molecule has 0 bridgehead atoms. The van der Waals surface area contributed by atoms with E-state index in [-0.39, 0.29) is 16.7 Å². The van der Waals surface area contributed by atoms with Crippen molar-refractivity contribution in [3.63, 3.8) is 0 Å². The summed E-state index contributed by atoms with van der Waals surface area (Å²) in [4.78, 5) is 12.6. The Morgan fingerprint density at radius 3 is 2.32 bits per heavy atom. The van der Waals surface area contributed by atoms with Gasteiger partial charge in [0.15, 0.2) is 0 Å². The molecule has 1 amide bonds. The summed E-state index contributed by atoms with van der Waals surface area (Å²) >= 11 is 0. The van der Waals surface area contributed by atoms with E-state index in [2.05, 4.69) is 5.32 Å². The lowest BCUT2D eigenvalue weighted by atomic mass is 9.96. The predicted octanol–water partition coefficient (Wildman–Crippen LogP) is 3.91. The van der Waals surface area contributed by atoms with Crippen LogP contribution < -0.4 is 5.32 Å². The van der Waals surface area contributed by atoms with Gasteiger partial charge in [-0.2, -0.15) is 4.31 Å². The minimum atomic E-state index is -3.59. The van der Waals surface area contributed by atoms with Crippen LogP contribution in [-0.2, 0) is 10.0 Å². The normalized spacial score (nSPS) is 15.5. The van der Waals surface area contributed by atoms with E-state index >= 15 is 0 Å². The van der Waals surface area contributed by atoms with Crippen LogP contribution in [0.25, 0.3) is 0 Å². The van der Waals surface area contributed by atoms with Crippen LogP contribution in [0.3, 0.4) is 0 Å². The summed E-state index contributed by atoms with van der Waals surface area (Å²) in [5.74, 6) is -0.426. The van der Waals surface area contributed by atoms with Crippen molar-refractivity contribution in [2.24, 2.45) is 0 Å². The van der Waals surface area contributed by atoms with Crippen molar-refractivity contribution in [1.82, 2.24) is 4.31 Å². The zero-order chi connectivity index (χ0) is 20.3. The summed E-state index contributed by atoms with van der Waals surface area (Å²) in [6, 6.07) is 10.9. The van der Waals surface area contributed by atoms with Gasteiger partial charge in [0.05, 0.1) is 10.6 Å². The van der Waals surface area contributed by atoms with Crippen molar-refractivity contribution < 1.29 is 18.3 Å². The highest BCUT2D eigenvalue weighted by molar-refractivity contribution is 7.89. The van der Waals surface area contributed by atoms with Crippen LogP contribution in [0, 0.1) is 6.92 Å². The first-order chi connectivity index (χ1) is 13.3. The standard InChI is InChI=1S/C21H26N2O4S/c1-15-8-13-19(20(24)14-15)22-21(25)16-9-11-18(12-10-16)28(26,27)23(2)17-6-4-3-5-7-17/h8-14,17,24H,3-7H2,1-2H3,(H,22,25). The molecule has 2 aromatic carbocycles. The molecule has 0 spiro atoms. The number of nitrogens with zero attached hydrogens (tertiary/aromatic N) is 1. The van der Waals surface area contributed by atoms with Gasteiger partial charge in [0.1, 0.15) is 5.75 Å².